The van der Waals surface area contributed by atoms with Crippen molar-refractivity contribution >= 4 is 5.97 Å². The van der Waals surface area contributed by atoms with Crippen molar-refractivity contribution < 1.29 is 15.0 Å². The average Bonchev–Trinajstić information content (AvgIpc) is 2.81. The average molecular weight is 258 g/mol. The fourth-order valence-electron chi connectivity index (χ4n) is 2.45. The van der Waals surface area contributed by atoms with Crippen molar-refractivity contribution in [1.82, 2.24) is 9.55 Å². The molecule has 2 heterocycles. The molecule has 0 amide bonds. The number of phenols is 1. The second-order valence-corrected chi connectivity index (χ2v) is 4.82. The van der Waals surface area contributed by atoms with Crippen molar-refractivity contribution in [2.75, 3.05) is 0 Å². The molecule has 1 aliphatic rings. The number of benzene rings is 1. The number of imidazole rings is 1. The Hall–Kier alpha value is -2.30. The molecule has 1 atom stereocenters. The maximum absolute atomic E-state index is 11.0. The first-order chi connectivity index (χ1) is 9.13. The number of phenolic OH excluding ortho intramolecular Hbond substituents is 1. The third-order valence-electron chi connectivity index (χ3n) is 3.48. The molecule has 0 fully saturated rings. The standard InChI is InChI=1S/C14H14N2O3/c17-11-3-1-2-9(6-11)12-8-16-7-10(14(18)19)4-5-13(16)15-12/h1-3,6,8,10,17H,4-5,7H2,(H,18,19). The Morgan fingerprint density at radius 3 is 3.00 bits per heavy atom. The zero-order valence-electron chi connectivity index (χ0n) is 10.3. The topological polar surface area (TPSA) is 75.3 Å². The number of aliphatic carboxylic acids is 1. The number of aryl methyl sites for hydroxylation is 1. The molecule has 1 aliphatic heterocycles. The van der Waals surface area contributed by atoms with Gasteiger partial charge in [0, 0.05) is 24.7 Å². The van der Waals surface area contributed by atoms with Gasteiger partial charge in [0.1, 0.15) is 11.6 Å². The molecule has 5 nitrogen and oxygen atoms in total. The quantitative estimate of drug-likeness (QED) is 0.862. The van der Waals surface area contributed by atoms with Crippen molar-refractivity contribution in [1.29, 1.82) is 0 Å². The number of aromatic nitrogens is 2. The molecule has 2 N–H and O–H groups in total. The summed E-state index contributed by atoms with van der Waals surface area (Å²) in [5.41, 5.74) is 1.62. The lowest BCUT2D eigenvalue weighted by Crippen LogP contribution is -2.26. The van der Waals surface area contributed by atoms with E-state index in [1.165, 1.54) is 0 Å². The number of carboxylic acid groups (broad SMARTS) is 1. The lowest BCUT2D eigenvalue weighted by molar-refractivity contribution is -0.142. The van der Waals surface area contributed by atoms with Crippen molar-refractivity contribution in [2.24, 2.45) is 5.92 Å². The van der Waals surface area contributed by atoms with E-state index < -0.39 is 5.97 Å². The van der Waals surface area contributed by atoms with Gasteiger partial charge in [0.25, 0.3) is 0 Å². The number of nitrogens with zero attached hydrogens (tertiary/aromatic N) is 2. The molecule has 0 saturated heterocycles. The Kier molecular flexibility index (Phi) is 2.74. The third-order valence-corrected chi connectivity index (χ3v) is 3.48. The predicted octanol–water partition coefficient (Wildman–Crippen LogP) is 1.90. The van der Waals surface area contributed by atoms with Gasteiger partial charge in [-0.15, -0.1) is 0 Å². The largest absolute Gasteiger partial charge is 0.508 e. The van der Waals surface area contributed by atoms with Gasteiger partial charge in [-0.05, 0) is 18.6 Å². The third kappa shape index (κ3) is 2.19. The molecule has 98 valence electrons. The van der Waals surface area contributed by atoms with Crippen molar-refractivity contribution in [2.45, 2.75) is 19.4 Å². The summed E-state index contributed by atoms with van der Waals surface area (Å²) in [4.78, 5) is 15.5. The highest BCUT2D eigenvalue weighted by Gasteiger charge is 2.25. The molecule has 0 saturated carbocycles. The number of fused-ring (bicyclic) bond motifs is 1. The Morgan fingerprint density at radius 2 is 2.26 bits per heavy atom. The molecule has 19 heavy (non-hydrogen) atoms. The Balaban J connectivity index is 1.93. The number of carboxylic acids is 1. The second kappa shape index (κ2) is 4.42. The molecular weight excluding hydrogens is 244 g/mol. The van der Waals surface area contributed by atoms with Crippen molar-refractivity contribution in [3.8, 4) is 17.0 Å². The number of rotatable bonds is 2. The van der Waals surface area contributed by atoms with Crippen LogP contribution in [0.25, 0.3) is 11.3 Å². The summed E-state index contributed by atoms with van der Waals surface area (Å²) in [6.07, 6.45) is 3.17. The van der Waals surface area contributed by atoms with E-state index in [0.717, 1.165) is 17.1 Å². The van der Waals surface area contributed by atoms with Gasteiger partial charge < -0.3 is 14.8 Å². The summed E-state index contributed by atoms with van der Waals surface area (Å²) in [5.74, 6) is 0.0275. The Labute approximate surface area is 110 Å². The minimum absolute atomic E-state index is 0.201. The first-order valence-corrected chi connectivity index (χ1v) is 6.22. The smallest absolute Gasteiger partial charge is 0.308 e. The zero-order chi connectivity index (χ0) is 13.4. The van der Waals surface area contributed by atoms with Crippen molar-refractivity contribution in [3.05, 3.63) is 36.3 Å². The summed E-state index contributed by atoms with van der Waals surface area (Å²) in [5, 5.41) is 18.5. The molecule has 0 bridgehead atoms. The van der Waals surface area contributed by atoms with Crippen LogP contribution in [-0.4, -0.2) is 25.7 Å². The van der Waals surface area contributed by atoms with E-state index in [9.17, 15) is 9.90 Å². The summed E-state index contributed by atoms with van der Waals surface area (Å²) >= 11 is 0. The highest BCUT2D eigenvalue weighted by atomic mass is 16.4. The fraction of sp³-hybridized carbons (Fsp3) is 0.286. The van der Waals surface area contributed by atoms with E-state index in [0.29, 0.717) is 19.4 Å². The molecule has 0 aliphatic carbocycles. The highest BCUT2D eigenvalue weighted by molar-refractivity contribution is 5.70. The van der Waals surface area contributed by atoms with Crippen LogP contribution >= 0.6 is 0 Å². The van der Waals surface area contributed by atoms with Crippen LogP contribution in [0.3, 0.4) is 0 Å². The minimum atomic E-state index is -0.752. The van der Waals surface area contributed by atoms with Crippen LogP contribution in [0.4, 0.5) is 0 Å². The van der Waals surface area contributed by atoms with Crippen LogP contribution in [0.15, 0.2) is 30.5 Å². The lowest BCUT2D eigenvalue weighted by atomic mass is 10.00. The lowest BCUT2D eigenvalue weighted by Gasteiger charge is -2.19. The molecule has 0 radical (unpaired) electrons. The summed E-state index contributed by atoms with van der Waals surface area (Å²) in [6, 6.07) is 6.91. The maximum atomic E-state index is 11.0. The van der Waals surface area contributed by atoms with E-state index in [-0.39, 0.29) is 11.7 Å². The van der Waals surface area contributed by atoms with Gasteiger partial charge in [-0.1, -0.05) is 12.1 Å². The number of carbonyl (C=O) groups is 1. The van der Waals surface area contributed by atoms with E-state index in [4.69, 9.17) is 5.11 Å². The summed E-state index contributed by atoms with van der Waals surface area (Å²) < 4.78 is 1.90. The van der Waals surface area contributed by atoms with Gasteiger partial charge >= 0.3 is 5.97 Å². The predicted molar refractivity (Wildman–Crippen MR) is 68.8 cm³/mol. The second-order valence-electron chi connectivity index (χ2n) is 4.82. The molecule has 1 unspecified atom stereocenters. The van der Waals surface area contributed by atoms with E-state index in [2.05, 4.69) is 4.98 Å². The first kappa shape index (κ1) is 11.8. The summed E-state index contributed by atoms with van der Waals surface area (Å²) in [7, 11) is 0. The summed E-state index contributed by atoms with van der Waals surface area (Å²) in [6.45, 7) is 0.469. The van der Waals surface area contributed by atoms with Gasteiger partial charge in [-0.3, -0.25) is 4.79 Å². The normalized spacial score (nSPS) is 18.0. The van der Waals surface area contributed by atoms with Gasteiger partial charge in [0.15, 0.2) is 0 Å². The van der Waals surface area contributed by atoms with Gasteiger partial charge in [-0.25, -0.2) is 4.98 Å². The van der Waals surface area contributed by atoms with Crippen LogP contribution in [0.5, 0.6) is 5.75 Å². The maximum Gasteiger partial charge on any atom is 0.308 e. The van der Waals surface area contributed by atoms with Gasteiger partial charge in [-0.2, -0.15) is 0 Å². The van der Waals surface area contributed by atoms with Crippen LogP contribution < -0.4 is 0 Å². The molecule has 5 heteroatoms. The van der Waals surface area contributed by atoms with E-state index >= 15 is 0 Å². The van der Waals surface area contributed by atoms with Gasteiger partial charge in [0.05, 0.1) is 11.6 Å². The minimum Gasteiger partial charge on any atom is -0.508 e. The molecule has 1 aromatic carbocycles. The Morgan fingerprint density at radius 1 is 1.42 bits per heavy atom. The zero-order valence-corrected chi connectivity index (χ0v) is 10.3. The van der Waals surface area contributed by atoms with Crippen LogP contribution in [-0.2, 0) is 17.8 Å². The fourth-order valence-corrected chi connectivity index (χ4v) is 2.45. The van der Waals surface area contributed by atoms with Crippen molar-refractivity contribution in [3.63, 3.8) is 0 Å². The Bertz CT molecular complexity index is 633. The molecule has 1 aromatic heterocycles. The van der Waals surface area contributed by atoms with E-state index in [1.807, 2.05) is 16.8 Å². The first-order valence-electron chi connectivity index (χ1n) is 6.22. The van der Waals surface area contributed by atoms with Crippen LogP contribution in [0.2, 0.25) is 0 Å². The molecular formula is C14H14N2O3. The van der Waals surface area contributed by atoms with Crippen LogP contribution in [0, 0.1) is 5.92 Å². The number of hydrogen-bond donors (Lipinski definition) is 2. The van der Waals surface area contributed by atoms with Gasteiger partial charge in [0.2, 0.25) is 0 Å². The monoisotopic (exact) mass is 258 g/mol. The highest BCUT2D eigenvalue weighted by Crippen LogP contribution is 2.26. The molecule has 2 aromatic rings. The molecule has 0 spiro atoms. The SMILES string of the molecule is O=C(O)C1CCc2nc(-c3cccc(O)c3)cn2C1. The number of hydrogen-bond acceptors (Lipinski definition) is 3. The number of aromatic hydroxyl groups is 1. The van der Waals surface area contributed by atoms with Crippen LogP contribution in [0.1, 0.15) is 12.2 Å². The molecule has 3 rings (SSSR count). The van der Waals surface area contributed by atoms with E-state index in [1.54, 1.807) is 18.2 Å².